The number of rotatable bonds is 3. The number of hydrogen-bond acceptors (Lipinski definition) is 3. The summed E-state index contributed by atoms with van der Waals surface area (Å²) in [5.74, 6) is -0.347. The normalized spacial score (nSPS) is 17.6. The Bertz CT molecular complexity index is 747. The lowest BCUT2D eigenvalue weighted by molar-refractivity contribution is 0.0932. The van der Waals surface area contributed by atoms with Crippen LogP contribution in [0.15, 0.2) is 42.5 Å². The van der Waals surface area contributed by atoms with Crippen molar-refractivity contribution >= 4 is 17.3 Å². The van der Waals surface area contributed by atoms with Crippen molar-refractivity contribution in [2.24, 2.45) is 0 Å². The van der Waals surface area contributed by atoms with Gasteiger partial charge in [0.05, 0.1) is 0 Å². The molecule has 3 N–H and O–H groups in total. The topological polar surface area (TPSA) is 58.4 Å². The van der Waals surface area contributed by atoms with Gasteiger partial charge < -0.3 is 16.0 Å². The number of anilines is 2. The summed E-state index contributed by atoms with van der Waals surface area (Å²) < 4.78 is 13.4. The summed E-state index contributed by atoms with van der Waals surface area (Å²) in [4.78, 5) is 14.7. The molecule has 0 bridgehead atoms. The molecule has 1 fully saturated rings. The molecule has 0 radical (unpaired) electrons. The van der Waals surface area contributed by atoms with Crippen molar-refractivity contribution in [2.45, 2.75) is 25.8 Å². The number of hydrogen-bond donors (Lipinski definition) is 2. The standard InChI is InChI=1S/C19H22FN3O/c1-13-7-8-15(21)11-18(13)19(24)22-16-5-3-9-23(12-16)17-6-2-4-14(20)10-17/h2,4,6-8,10-11,16H,3,5,9,12,21H2,1H3,(H,22,24). The maximum atomic E-state index is 13.4. The van der Waals surface area contributed by atoms with Crippen LogP contribution in [0, 0.1) is 12.7 Å². The number of aryl methyl sites for hydroxylation is 1. The first-order valence-corrected chi connectivity index (χ1v) is 8.20. The largest absolute Gasteiger partial charge is 0.399 e. The van der Waals surface area contributed by atoms with Gasteiger partial charge in [0.25, 0.3) is 5.91 Å². The smallest absolute Gasteiger partial charge is 0.251 e. The van der Waals surface area contributed by atoms with Crippen LogP contribution in [0.2, 0.25) is 0 Å². The van der Waals surface area contributed by atoms with Gasteiger partial charge >= 0.3 is 0 Å². The zero-order chi connectivity index (χ0) is 17.1. The second kappa shape index (κ2) is 6.91. The second-order valence-electron chi connectivity index (χ2n) is 6.31. The molecule has 1 amide bonds. The van der Waals surface area contributed by atoms with Gasteiger partial charge in [-0.2, -0.15) is 0 Å². The van der Waals surface area contributed by atoms with Gasteiger partial charge in [-0.15, -0.1) is 0 Å². The second-order valence-corrected chi connectivity index (χ2v) is 6.31. The Kier molecular flexibility index (Phi) is 4.69. The average Bonchev–Trinajstić information content (AvgIpc) is 2.57. The molecule has 1 saturated heterocycles. The van der Waals surface area contributed by atoms with Crippen LogP contribution in [0.4, 0.5) is 15.8 Å². The van der Waals surface area contributed by atoms with E-state index in [9.17, 15) is 9.18 Å². The van der Waals surface area contributed by atoms with E-state index < -0.39 is 0 Å². The van der Waals surface area contributed by atoms with E-state index in [1.807, 2.05) is 19.1 Å². The van der Waals surface area contributed by atoms with Crippen molar-refractivity contribution in [3.05, 3.63) is 59.4 Å². The zero-order valence-electron chi connectivity index (χ0n) is 13.8. The number of piperidine rings is 1. The highest BCUT2D eigenvalue weighted by Crippen LogP contribution is 2.21. The van der Waals surface area contributed by atoms with E-state index in [2.05, 4.69) is 10.2 Å². The van der Waals surface area contributed by atoms with Crippen LogP contribution in [-0.2, 0) is 0 Å². The van der Waals surface area contributed by atoms with Gasteiger partial charge in [-0.1, -0.05) is 12.1 Å². The summed E-state index contributed by atoms with van der Waals surface area (Å²) in [7, 11) is 0. The van der Waals surface area contributed by atoms with Crippen LogP contribution in [-0.4, -0.2) is 25.0 Å². The van der Waals surface area contributed by atoms with Gasteiger partial charge in [-0.25, -0.2) is 4.39 Å². The minimum absolute atomic E-state index is 0.0374. The first kappa shape index (κ1) is 16.3. The van der Waals surface area contributed by atoms with Crippen LogP contribution in [0.1, 0.15) is 28.8 Å². The Morgan fingerprint density at radius 2 is 2.12 bits per heavy atom. The molecule has 1 heterocycles. The monoisotopic (exact) mass is 327 g/mol. The molecule has 1 aliphatic heterocycles. The van der Waals surface area contributed by atoms with E-state index in [1.54, 1.807) is 18.2 Å². The third-order valence-corrected chi connectivity index (χ3v) is 4.44. The lowest BCUT2D eigenvalue weighted by Crippen LogP contribution is -2.48. The molecule has 1 aliphatic rings. The zero-order valence-corrected chi connectivity index (χ0v) is 13.8. The maximum absolute atomic E-state index is 13.4. The van der Waals surface area contributed by atoms with Crippen LogP contribution >= 0.6 is 0 Å². The van der Waals surface area contributed by atoms with Gasteiger partial charge in [0.1, 0.15) is 5.82 Å². The van der Waals surface area contributed by atoms with Gasteiger partial charge in [0.2, 0.25) is 0 Å². The summed E-state index contributed by atoms with van der Waals surface area (Å²) in [5, 5.41) is 3.09. The number of halogens is 1. The van der Waals surface area contributed by atoms with Crippen molar-refractivity contribution in [3.8, 4) is 0 Å². The minimum Gasteiger partial charge on any atom is -0.399 e. The van der Waals surface area contributed by atoms with E-state index in [1.165, 1.54) is 12.1 Å². The average molecular weight is 327 g/mol. The highest BCUT2D eigenvalue weighted by molar-refractivity contribution is 5.96. The summed E-state index contributed by atoms with van der Waals surface area (Å²) >= 11 is 0. The molecule has 24 heavy (non-hydrogen) atoms. The fourth-order valence-electron chi connectivity index (χ4n) is 3.15. The summed E-state index contributed by atoms with van der Waals surface area (Å²) in [6.07, 6.45) is 1.87. The lowest BCUT2D eigenvalue weighted by atomic mass is 10.0. The third-order valence-electron chi connectivity index (χ3n) is 4.44. The van der Waals surface area contributed by atoms with E-state index in [-0.39, 0.29) is 17.8 Å². The third kappa shape index (κ3) is 3.67. The van der Waals surface area contributed by atoms with Crippen molar-refractivity contribution in [3.63, 3.8) is 0 Å². The molecule has 3 rings (SSSR count). The number of nitrogens with one attached hydrogen (secondary N) is 1. The van der Waals surface area contributed by atoms with Crippen molar-refractivity contribution in [1.29, 1.82) is 0 Å². The fraction of sp³-hybridized carbons (Fsp3) is 0.316. The Balaban J connectivity index is 1.69. The molecular formula is C19H22FN3O. The predicted molar refractivity (Wildman–Crippen MR) is 94.7 cm³/mol. The van der Waals surface area contributed by atoms with Crippen LogP contribution in [0.3, 0.4) is 0 Å². The molecule has 0 saturated carbocycles. The van der Waals surface area contributed by atoms with Gasteiger partial charge in [0.15, 0.2) is 0 Å². The fourth-order valence-corrected chi connectivity index (χ4v) is 3.15. The number of carbonyl (C=O) groups is 1. The van der Waals surface area contributed by atoms with E-state index in [0.717, 1.165) is 30.6 Å². The van der Waals surface area contributed by atoms with Crippen LogP contribution < -0.4 is 16.0 Å². The van der Waals surface area contributed by atoms with E-state index in [0.29, 0.717) is 17.8 Å². The number of benzene rings is 2. The molecule has 0 spiro atoms. The Morgan fingerprint density at radius 3 is 2.92 bits per heavy atom. The molecular weight excluding hydrogens is 305 g/mol. The number of amides is 1. The molecule has 1 unspecified atom stereocenters. The number of nitrogens with zero attached hydrogens (tertiary/aromatic N) is 1. The summed E-state index contributed by atoms with van der Waals surface area (Å²) in [5.41, 5.74) is 8.73. The maximum Gasteiger partial charge on any atom is 0.251 e. The van der Waals surface area contributed by atoms with Crippen LogP contribution in [0.5, 0.6) is 0 Å². The molecule has 126 valence electrons. The molecule has 2 aromatic rings. The number of nitrogen functional groups attached to an aromatic ring is 1. The first-order valence-electron chi connectivity index (χ1n) is 8.20. The lowest BCUT2D eigenvalue weighted by Gasteiger charge is -2.35. The van der Waals surface area contributed by atoms with Crippen molar-refractivity contribution in [1.82, 2.24) is 5.32 Å². The highest BCUT2D eigenvalue weighted by atomic mass is 19.1. The molecule has 0 aliphatic carbocycles. The van der Waals surface area contributed by atoms with E-state index in [4.69, 9.17) is 5.73 Å². The van der Waals surface area contributed by atoms with Crippen molar-refractivity contribution in [2.75, 3.05) is 23.7 Å². The molecule has 2 aromatic carbocycles. The highest BCUT2D eigenvalue weighted by Gasteiger charge is 2.23. The van der Waals surface area contributed by atoms with Gasteiger partial charge in [-0.3, -0.25) is 4.79 Å². The van der Waals surface area contributed by atoms with Crippen molar-refractivity contribution < 1.29 is 9.18 Å². The predicted octanol–water partition coefficient (Wildman–Crippen LogP) is 3.12. The Hall–Kier alpha value is -2.56. The van der Waals surface area contributed by atoms with E-state index >= 15 is 0 Å². The number of nitrogens with two attached hydrogens (primary N) is 1. The Labute approximate surface area is 141 Å². The number of carbonyl (C=O) groups excluding carboxylic acids is 1. The quantitative estimate of drug-likeness (QED) is 0.852. The molecule has 4 nitrogen and oxygen atoms in total. The summed E-state index contributed by atoms with van der Waals surface area (Å²) in [6.45, 7) is 3.44. The molecule has 0 aromatic heterocycles. The molecule has 1 atom stereocenters. The first-order chi connectivity index (χ1) is 11.5. The van der Waals surface area contributed by atoms with Crippen LogP contribution in [0.25, 0.3) is 0 Å². The molecule has 5 heteroatoms. The van der Waals surface area contributed by atoms with Gasteiger partial charge in [0, 0.05) is 36.1 Å². The summed E-state index contributed by atoms with van der Waals surface area (Å²) in [6, 6.07) is 12.0. The Morgan fingerprint density at radius 1 is 1.29 bits per heavy atom. The minimum atomic E-state index is -0.242. The SMILES string of the molecule is Cc1ccc(N)cc1C(=O)NC1CCCN(c2cccc(F)c2)C1. The van der Waals surface area contributed by atoms with Gasteiger partial charge in [-0.05, 0) is 55.7 Å².